The van der Waals surface area contributed by atoms with Crippen molar-refractivity contribution in [2.24, 2.45) is 7.05 Å². The van der Waals surface area contributed by atoms with E-state index in [2.05, 4.69) is 71.1 Å². The predicted octanol–water partition coefficient (Wildman–Crippen LogP) is 4.34. The van der Waals surface area contributed by atoms with Gasteiger partial charge in [-0.1, -0.05) is 36.3 Å². The van der Waals surface area contributed by atoms with E-state index in [1.165, 1.54) is 22.0 Å². The third-order valence-corrected chi connectivity index (χ3v) is 7.73. The summed E-state index contributed by atoms with van der Waals surface area (Å²) < 4.78 is 2.26. The first kappa shape index (κ1) is 22.6. The van der Waals surface area contributed by atoms with Gasteiger partial charge in [-0.25, -0.2) is 4.79 Å². The van der Waals surface area contributed by atoms with Crippen LogP contribution in [0.5, 0.6) is 0 Å². The topological polar surface area (TPSA) is 40.5 Å². The van der Waals surface area contributed by atoms with Gasteiger partial charge in [0.2, 0.25) is 0 Å². The largest absolute Gasteiger partial charge is 0.337 e. The molecular formula is C29H34N4O. The number of likely N-dealkylation sites (N-methyl/N-ethyl adjacent to an activating group) is 1. The lowest BCUT2D eigenvalue weighted by Gasteiger charge is -2.46. The third kappa shape index (κ3) is 3.86. The summed E-state index contributed by atoms with van der Waals surface area (Å²) in [6.45, 7) is 6.40. The molecule has 1 unspecified atom stereocenters. The zero-order valence-corrected chi connectivity index (χ0v) is 20.6. The standard InChI is InChI=1S/C29H34N4O/c1-5-33(6-2)29(34)30-21-17-23-22-13-10-14-26-28(22)24(18-27(23)31(3)19-21)25(32(26)4)16-15-20-11-8-7-9-12-20/h7-14,21,23,27H,5-6,17-19H2,1-4H3,(H,30,34)/t21-,23?,27+/m0/s1. The highest BCUT2D eigenvalue weighted by Crippen LogP contribution is 2.44. The monoisotopic (exact) mass is 454 g/mol. The number of urea groups is 1. The van der Waals surface area contributed by atoms with Crippen molar-refractivity contribution in [2.75, 3.05) is 26.7 Å². The molecule has 176 valence electrons. The number of piperidine rings is 1. The Hall–Kier alpha value is -3.23. The summed E-state index contributed by atoms with van der Waals surface area (Å²) in [7, 11) is 4.34. The summed E-state index contributed by atoms with van der Waals surface area (Å²) in [6, 6.07) is 17.5. The highest BCUT2D eigenvalue weighted by atomic mass is 16.2. The van der Waals surface area contributed by atoms with Crippen molar-refractivity contribution in [3.63, 3.8) is 0 Å². The Balaban J connectivity index is 1.51. The molecule has 2 aromatic carbocycles. The molecule has 5 heteroatoms. The Labute approximate surface area is 202 Å². The van der Waals surface area contributed by atoms with E-state index in [9.17, 15) is 4.79 Å². The van der Waals surface area contributed by atoms with Crippen LogP contribution in [0.3, 0.4) is 0 Å². The average molecular weight is 455 g/mol. The molecule has 34 heavy (non-hydrogen) atoms. The normalized spacial score (nSPS) is 21.5. The number of aryl methyl sites for hydroxylation is 1. The molecule has 0 spiro atoms. The number of benzene rings is 2. The molecule has 5 nitrogen and oxygen atoms in total. The summed E-state index contributed by atoms with van der Waals surface area (Å²) in [4.78, 5) is 17.1. The lowest BCUT2D eigenvalue weighted by molar-refractivity contribution is 0.124. The SMILES string of the molecule is CCN(CC)C(=O)N[C@H]1CC2c3cccc4c3c(c(C#Cc3ccccc3)n4C)C[C@H]2N(C)C1. The zero-order chi connectivity index (χ0) is 23.8. The van der Waals surface area contributed by atoms with E-state index in [4.69, 9.17) is 0 Å². The second-order valence-electron chi connectivity index (χ2n) is 9.62. The molecule has 0 radical (unpaired) electrons. The number of likely N-dealkylation sites (tertiary alicyclic amines) is 1. The van der Waals surface area contributed by atoms with E-state index in [0.717, 1.165) is 43.7 Å². The van der Waals surface area contributed by atoms with Crippen LogP contribution in [0.2, 0.25) is 0 Å². The van der Waals surface area contributed by atoms with Crippen LogP contribution in [0, 0.1) is 11.8 Å². The summed E-state index contributed by atoms with van der Waals surface area (Å²) in [5, 5.41) is 4.68. The van der Waals surface area contributed by atoms with Crippen LogP contribution in [-0.4, -0.2) is 59.2 Å². The number of carbonyl (C=O) groups excluding carboxylic acids is 1. The predicted molar refractivity (Wildman–Crippen MR) is 138 cm³/mol. The second-order valence-corrected chi connectivity index (χ2v) is 9.62. The maximum atomic E-state index is 12.7. The molecule has 0 bridgehead atoms. The summed E-state index contributed by atoms with van der Waals surface area (Å²) in [5.41, 5.74) is 6.18. The molecule has 1 aliphatic carbocycles. The van der Waals surface area contributed by atoms with Gasteiger partial charge in [-0.15, -0.1) is 0 Å². The van der Waals surface area contributed by atoms with Crippen LogP contribution in [0.15, 0.2) is 48.5 Å². The lowest BCUT2D eigenvalue weighted by Crippen LogP contribution is -2.56. The number of fused-ring (bicyclic) bond motifs is 2. The Morgan fingerprint density at radius 3 is 2.56 bits per heavy atom. The van der Waals surface area contributed by atoms with Crippen LogP contribution in [0.1, 0.15) is 48.6 Å². The fraction of sp³-hybridized carbons (Fsp3) is 0.414. The zero-order valence-electron chi connectivity index (χ0n) is 20.6. The second kappa shape index (κ2) is 9.19. The van der Waals surface area contributed by atoms with Gasteiger partial charge < -0.3 is 19.7 Å². The molecule has 1 fully saturated rings. The van der Waals surface area contributed by atoms with Crippen molar-refractivity contribution in [1.29, 1.82) is 0 Å². The Bertz CT molecular complexity index is 1260. The Morgan fingerprint density at radius 1 is 1.06 bits per heavy atom. The fourth-order valence-corrected chi connectivity index (χ4v) is 5.98. The minimum atomic E-state index is 0.0507. The number of hydrogen-bond acceptors (Lipinski definition) is 2. The summed E-state index contributed by atoms with van der Waals surface area (Å²) >= 11 is 0. The van der Waals surface area contributed by atoms with Gasteiger partial charge in [0.1, 0.15) is 0 Å². The van der Waals surface area contributed by atoms with Crippen LogP contribution < -0.4 is 5.32 Å². The van der Waals surface area contributed by atoms with E-state index in [-0.39, 0.29) is 12.1 Å². The molecule has 1 saturated heterocycles. The lowest BCUT2D eigenvalue weighted by atomic mass is 9.73. The first-order valence-corrected chi connectivity index (χ1v) is 12.4. The van der Waals surface area contributed by atoms with Gasteiger partial charge in [-0.05, 0) is 69.0 Å². The third-order valence-electron chi connectivity index (χ3n) is 7.73. The number of nitrogens with one attached hydrogen (secondary N) is 1. The number of nitrogens with zero attached hydrogens (tertiary/aromatic N) is 3. The molecule has 1 aliphatic heterocycles. The van der Waals surface area contributed by atoms with Crippen molar-refractivity contribution in [2.45, 2.75) is 44.7 Å². The Kier molecular flexibility index (Phi) is 6.10. The van der Waals surface area contributed by atoms with Crippen LogP contribution in [0.4, 0.5) is 4.79 Å². The maximum absolute atomic E-state index is 12.7. The van der Waals surface area contributed by atoms with Gasteiger partial charge in [0.15, 0.2) is 0 Å². The maximum Gasteiger partial charge on any atom is 0.317 e. The smallest absolute Gasteiger partial charge is 0.317 e. The number of aromatic nitrogens is 1. The first-order chi connectivity index (χ1) is 16.5. The molecule has 3 aromatic rings. The summed E-state index contributed by atoms with van der Waals surface area (Å²) in [6.07, 6.45) is 1.96. The van der Waals surface area contributed by atoms with Gasteiger partial charge in [0.25, 0.3) is 0 Å². The van der Waals surface area contributed by atoms with Crippen molar-refractivity contribution in [3.8, 4) is 11.8 Å². The van der Waals surface area contributed by atoms with E-state index < -0.39 is 0 Å². The van der Waals surface area contributed by atoms with E-state index in [1.54, 1.807) is 0 Å². The van der Waals surface area contributed by atoms with Crippen molar-refractivity contribution in [1.82, 2.24) is 19.7 Å². The minimum absolute atomic E-state index is 0.0507. The van der Waals surface area contributed by atoms with Crippen LogP contribution >= 0.6 is 0 Å². The van der Waals surface area contributed by atoms with E-state index in [1.807, 2.05) is 36.9 Å². The number of rotatable bonds is 3. The molecule has 1 N–H and O–H groups in total. The molecular weight excluding hydrogens is 420 g/mol. The highest BCUT2D eigenvalue weighted by Gasteiger charge is 2.41. The van der Waals surface area contributed by atoms with E-state index in [0.29, 0.717) is 12.0 Å². The molecule has 2 heterocycles. The van der Waals surface area contributed by atoms with E-state index >= 15 is 0 Å². The van der Waals surface area contributed by atoms with Crippen molar-refractivity contribution in [3.05, 3.63) is 70.9 Å². The molecule has 0 saturated carbocycles. The number of carbonyl (C=O) groups is 1. The molecule has 1 aromatic heterocycles. The minimum Gasteiger partial charge on any atom is -0.337 e. The van der Waals surface area contributed by atoms with Crippen LogP contribution in [0.25, 0.3) is 10.9 Å². The number of amides is 2. The fourth-order valence-electron chi connectivity index (χ4n) is 5.98. The van der Waals surface area contributed by atoms with Gasteiger partial charge in [0.05, 0.1) is 5.69 Å². The van der Waals surface area contributed by atoms with Crippen LogP contribution in [-0.2, 0) is 13.5 Å². The van der Waals surface area contributed by atoms with Crippen molar-refractivity contribution >= 4 is 16.9 Å². The molecule has 5 rings (SSSR count). The Morgan fingerprint density at radius 2 is 1.82 bits per heavy atom. The van der Waals surface area contributed by atoms with Gasteiger partial charge in [0, 0.05) is 61.1 Å². The van der Waals surface area contributed by atoms with Gasteiger partial charge >= 0.3 is 6.03 Å². The van der Waals surface area contributed by atoms with Gasteiger partial charge in [-0.3, -0.25) is 0 Å². The summed E-state index contributed by atoms with van der Waals surface area (Å²) in [5.74, 6) is 7.28. The molecule has 2 aliphatic rings. The number of hydrogen-bond donors (Lipinski definition) is 1. The quantitative estimate of drug-likeness (QED) is 0.598. The van der Waals surface area contributed by atoms with Crippen molar-refractivity contribution < 1.29 is 4.79 Å². The first-order valence-electron chi connectivity index (χ1n) is 12.4. The van der Waals surface area contributed by atoms with Gasteiger partial charge in [-0.2, -0.15) is 0 Å². The highest BCUT2D eigenvalue weighted by molar-refractivity contribution is 5.91. The molecule has 3 atom stereocenters. The molecule has 2 amide bonds. The average Bonchev–Trinajstić information content (AvgIpc) is 3.12.